The molecule has 0 atom stereocenters. The summed E-state index contributed by atoms with van der Waals surface area (Å²) in [6.45, 7) is 0.783. The first kappa shape index (κ1) is 10.9. The van der Waals surface area contributed by atoms with Crippen LogP contribution in [0.25, 0.3) is 0 Å². The lowest BCUT2D eigenvalue weighted by Gasteiger charge is -2.36. The number of halogens is 1. The SMILES string of the molecule is OC1(CCNc2ccc(Br)cn2)CCC1. The van der Waals surface area contributed by atoms with Crippen LogP contribution in [0, 0.1) is 0 Å². The first-order valence-corrected chi connectivity index (χ1v) is 6.05. The molecule has 0 aliphatic heterocycles. The summed E-state index contributed by atoms with van der Waals surface area (Å²) < 4.78 is 0.977. The van der Waals surface area contributed by atoms with Crippen LogP contribution in [-0.4, -0.2) is 22.2 Å². The molecule has 0 amide bonds. The Morgan fingerprint density at radius 2 is 2.27 bits per heavy atom. The molecule has 2 rings (SSSR count). The van der Waals surface area contributed by atoms with Crippen LogP contribution < -0.4 is 5.32 Å². The lowest BCUT2D eigenvalue weighted by atomic mass is 9.78. The van der Waals surface area contributed by atoms with E-state index in [1.54, 1.807) is 6.20 Å². The molecule has 3 nitrogen and oxygen atoms in total. The summed E-state index contributed by atoms with van der Waals surface area (Å²) in [6, 6.07) is 3.88. The minimum absolute atomic E-state index is 0.400. The van der Waals surface area contributed by atoms with Gasteiger partial charge in [-0.25, -0.2) is 4.98 Å². The fourth-order valence-corrected chi connectivity index (χ4v) is 1.97. The van der Waals surface area contributed by atoms with Crippen molar-refractivity contribution in [2.24, 2.45) is 0 Å². The van der Waals surface area contributed by atoms with E-state index in [0.29, 0.717) is 0 Å². The van der Waals surface area contributed by atoms with E-state index in [2.05, 4.69) is 26.2 Å². The highest BCUT2D eigenvalue weighted by molar-refractivity contribution is 9.10. The Labute approximate surface area is 98.0 Å². The van der Waals surface area contributed by atoms with E-state index in [0.717, 1.165) is 42.5 Å². The Hall–Kier alpha value is -0.610. The van der Waals surface area contributed by atoms with E-state index < -0.39 is 5.60 Å². The molecule has 1 heterocycles. The fraction of sp³-hybridized carbons (Fsp3) is 0.545. The van der Waals surface area contributed by atoms with Crippen molar-refractivity contribution in [2.75, 3.05) is 11.9 Å². The second-order valence-corrected chi connectivity index (χ2v) is 5.03. The van der Waals surface area contributed by atoms with E-state index in [-0.39, 0.29) is 0 Å². The molecule has 82 valence electrons. The third-order valence-corrected chi connectivity index (χ3v) is 3.38. The number of pyridine rings is 1. The maximum absolute atomic E-state index is 9.86. The Morgan fingerprint density at radius 3 is 2.80 bits per heavy atom. The zero-order valence-corrected chi connectivity index (χ0v) is 10.1. The topological polar surface area (TPSA) is 45.1 Å². The van der Waals surface area contributed by atoms with Crippen LogP contribution in [0.1, 0.15) is 25.7 Å². The molecule has 1 aromatic rings. The van der Waals surface area contributed by atoms with Crippen molar-refractivity contribution in [3.05, 3.63) is 22.8 Å². The Morgan fingerprint density at radius 1 is 1.47 bits per heavy atom. The maximum Gasteiger partial charge on any atom is 0.125 e. The van der Waals surface area contributed by atoms with Crippen LogP contribution >= 0.6 is 15.9 Å². The van der Waals surface area contributed by atoms with E-state index in [1.165, 1.54) is 0 Å². The summed E-state index contributed by atoms with van der Waals surface area (Å²) in [4.78, 5) is 4.20. The molecule has 1 saturated carbocycles. The smallest absolute Gasteiger partial charge is 0.125 e. The molecular weight excluding hydrogens is 256 g/mol. The minimum Gasteiger partial charge on any atom is -0.390 e. The second kappa shape index (κ2) is 4.49. The van der Waals surface area contributed by atoms with Crippen LogP contribution in [-0.2, 0) is 0 Å². The molecule has 1 aromatic heterocycles. The van der Waals surface area contributed by atoms with Crippen LogP contribution in [0.4, 0.5) is 5.82 Å². The number of hydrogen-bond acceptors (Lipinski definition) is 3. The van der Waals surface area contributed by atoms with Crippen molar-refractivity contribution in [3.63, 3.8) is 0 Å². The summed E-state index contributed by atoms with van der Waals surface area (Å²) in [6.07, 6.45) is 5.63. The number of nitrogens with zero attached hydrogens (tertiary/aromatic N) is 1. The summed E-state index contributed by atoms with van der Waals surface area (Å²) >= 11 is 3.34. The van der Waals surface area contributed by atoms with Gasteiger partial charge in [-0.05, 0) is 53.7 Å². The van der Waals surface area contributed by atoms with Gasteiger partial charge >= 0.3 is 0 Å². The Kier molecular flexibility index (Phi) is 3.26. The Balaban J connectivity index is 1.76. The second-order valence-electron chi connectivity index (χ2n) is 4.12. The monoisotopic (exact) mass is 270 g/mol. The molecule has 0 saturated heterocycles. The molecule has 15 heavy (non-hydrogen) atoms. The number of anilines is 1. The molecule has 0 unspecified atom stereocenters. The van der Waals surface area contributed by atoms with E-state index in [4.69, 9.17) is 0 Å². The van der Waals surface area contributed by atoms with E-state index >= 15 is 0 Å². The fourth-order valence-electron chi connectivity index (χ4n) is 1.74. The predicted octanol–water partition coefficient (Wildman–Crippen LogP) is 2.56. The third kappa shape index (κ3) is 2.92. The molecule has 0 radical (unpaired) electrons. The van der Waals surface area contributed by atoms with E-state index in [9.17, 15) is 5.11 Å². The van der Waals surface area contributed by atoms with Crippen LogP contribution in [0.3, 0.4) is 0 Å². The van der Waals surface area contributed by atoms with Crippen LogP contribution in [0.5, 0.6) is 0 Å². The molecule has 1 aliphatic carbocycles. The van der Waals surface area contributed by atoms with Gasteiger partial charge in [0.15, 0.2) is 0 Å². The molecule has 4 heteroatoms. The first-order chi connectivity index (χ1) is 7.18. The molecule has 0 bridgehead atoms. The summed E-state index contributed by atoms with van der Waals surface area (Å²) in [5.74, 6) is 0.862. The van der Waals surface area contributed by atoms with Gasteiger partial charge in [0, 0.05) is 17.2 Å². The number of aromatic nitrogens is 1. The zero-order valence-electron chi connectivity index (χ0n) is 8.54. The van der Waals surface area contributed by atoms with Gasteiger partial charge in [0.05, 0.1) is 5.60 Å². The maximum atomic E-state index is 9.86. The summed E-state index contributed by atoms with van der Waals surface area (Å²) in [7, 11) is 0. The third-order valence-electron chi connectivity index (χ3n) is 2.91. The molecule has 1 fully saturated rings. The number of rotatable bonds is 4. The molecule has 2 N–H and O–H groups in total. The van der Waals surface area contributed by atoms with E-state index in [1.807, 2.05) is 12.1 Å². The zero-order chi connectivity index (χ0) is 10.7. The average Bonchev–Trinajstić information content (AvgIpc) is 2.19. The van der Waals surface area contributed by atoms with Crippen molar-refractivity contribution < 1.29 is 5.11 Å². The van der Waals surface area contributed by atoms with Gasteiger partial charge in [0.2, 0.25) is 0 Å². The van der Waals surface area contributed by atoms with Gasteiger partial charge < -0.3 is 10.4 Å². The lowest BCUT2D eigenvalue weighted by molar-refractivity contribution is -0.0370. The Bertz CT molecular complexity index is 322. The molecule has 0 spiro atoms. The average molecular weight is 271 g/mol. The van der Waals surface area contributed by atoms with Crippen LogP contribution in [0.2, 0.25) is 0 Å². The predicted molar refractivity (Wildman–Crippen MR) is 63.8 cm³/mol. The highest BCUT2D eigenvalue weighted by Crippen LogP contribution is 2.34. The van der Waals surface area contributed by atoms with Crippen molar-refractivity contribution in [1.29, 1.82) is 0 Å². The van der Waals surface area contributed by atoms with Crippen molar-refractivity contribution >= 4 is 21.7 Å². The number of hydrogen-bond donors (Lipinski definition) is 2. The van der Waals surface area contributed by atoms with Gasteiger partial charge in [-0.15, -0.1) is 0 Å². The minimum atomic E-state index is -0.400. The van der Waals surface area contributed by atoms with Gasteiger partial charge in [0.25, 0.3) is 0 Å². The molecule has 1 aliphatic rings. The lowest BCUT2D eigenvalue weighted by Crippen LogP contribution is -2.38. The normalized spacial score (nSPS) is 18.3. The summed E-state index contributed by atoms with van der Waals surface area (Å²) in [5, 5.41) is 13.1. The quantitative estimate of drug-likeness (QED) is 0.884. The van der Waals surface area contributed by atoms with Gasteiger partial charge in [0.1, 0.15) is 5.82 Å². The number of aliphatic hydroxyl groups is 1. The largest absolute Gasteiger partial charge is 0.390 e. The highest BCUT2D eigenvalue weighted by atomic mass is 79.9. The standard InChI is InChI=1S/C11H15BrN2O/c12-9-2-3-10(14-8-9)13-7-6-11(15)4-1-5-11/h2-3,8,15H,1,4-7H2,(H,13,14). The molecule has 0 aromatic carbocycles. The molecular formula is C11H15BrN2O. The first-order valence-electron chi connectivity index (χ1n) is 5.26. The van der Waals surface area contributed by atoms with Crippen molar-refractivity contribution in [3.8, 4) is 0 Å². The van der Waals surface area contributed by atoms with Crippen LogP contribution in [0.15, 0.2) is 22.8 Å². The van der Waals surface area contributed by atoms with Crippen molar-refractivity contribution in [1.82, 2.24) is 4.98 Å². The highest BCUT2D eigenvalue weighted by Gasteiger charge is 2.33. The van der Waals surface area contributed by atoms with Crippen molar-refractivity contribution in [2.45, 2.75) is 31.3 Å². The van der Waals surface area contributed by atoms with Gasteiger partial charge in [-0.1, -0.05) is 0 Å². The summed E-state index contributed by atoms with van der Waals surface area (Å²) in [5.41, 5.74) is -0.400. The van der Waals surface area contributed by atoms with Gasteiger partial charge in [-0.3, -0.25) is 0 Å². The van der Waals surface area contributed by atoms with Gasteiger partial charge in [-0.2, -0.15) is 0 Å². The number of nitrogens with one attached hydrogen (secondary N) is 1.